The molecule has 0 amide bonds. The van der Waals surface area contributed by atoms with Crippen LogP contribution in [-0.2, 0) is 4.74 Å². The molecule has 1 N–H and O–H groups in total. The summed E-state index contributed by atoms with van der Waals surface area (Å²) < 4.78 is 5.23. The SMILES string of the molecule is C=CC(C)(O)C=CCC(C)(C)OC. The van der Waals surface area contributed by atoms with Crippen molar-refractivity contribution >= 4 is 0 Å². The van der Waals surface area contributed by atoms with Gasteiger partial charge in [-0.2, -0.15) is 0 Å². The molecular weight excluding hydrogens is 164 g/mol. The van der Waals surface area contributed by atoms with Crippen molar-refractivity contribution in [2.24, 2.45) is 0 Å². The highest BCUT2D eigenvalue weighted by molar-refractivity contribution is 5.09. The van der Waals surface area contributed by atoms with Gasteiger partial charge in [0.25, 0.3) is 0 Å². The van der Waals surface area contributed by atoms with Crippen molar-refractivity contribution in [2.45, 2.75) is 38.4 Å². The third-order valence-corrected chi connectivity index (χ3v) is 2.03. The van der Waals surface area contributed by atoms with Gasteiger partial charge in [0.2, 0.25) is 0 Å². The zero-order chi connectivity index (χ0) is 10.5. The van der Waals surface area contributed by atoms with E-state index in [1.807, 2.05) is 19.9 Å². The first-order valence-electron chi connectivity index (χ1n) is 4.42. The highest BCUT2D eigenvalue weighted by Gasteiger charge is 2.15. The van der Waals surface area contributed by atoms with Gasteiger partial charge < -0.3 is 9.84 Å². The van der Waals surface area contributed by atoms with E-state index in [1.165, 1.54) is 6.08 Å². The summed E-state index contributed by atoms with van der Waals surface area (Å²) >= 11 is 0. The number of rotatable bonds is 5. The Labute approximate surface area is 80.9 Å². The Morgan fingerprint density at radius 1 is 1.38 bits per heavy atom. The molecule has 0 rings (SSSR count). The van der Waals surface area contributed by atoms with Gasteiger partial charge in [0.05, 0.1) is 11.2 Å². The van der Waals surface area contributed by atoms with Crippen molar-refractivity contribution in [3.8, 4) is 0 Å². The molecule has 1 atom stereocenters. The second kappa shape index (κ2) is 4.58. The van der Waals surface area contributed by atoms with Crippen LogP contribution in [0.25, 0.3) is 0 Å². The molecule has 0 aliphatic carbocycles. The number of ether oxygens (including phenoxy) is 1. The second-order valence-electron chi connectivity index (χ2n) is 4.00. The molecule has 0 aromatic rings. The van der Waals surface area contributed by atoms with Crippen molar-refractivity contribution in [1.82, 2.24) is 0 Å². The Bertz CT molecular complexity index is 190. The van der Waals surface area contributed by atoms with Gasteiger partial charge in [-0.15, -0.1) is 0 Å². The van der Waals surface area contributed by atoms with E-state index in [1.54, 1.807) is 20.1 Å². The Morgan fingerprint density at radius 3 is 2.31 bits per heavy atom. The fraction of sp³-hybridized carbons (Fsp3) is 0.636. The van der Waals surface area contributed by atoms with E-state index in [0.717, 1.165) is 6.42 Å². The van der Waals surface area contributed by atoms with Gasteiger partial charge in [0.1, 0.15) is 0 Å². The van der Waals surface area contributed by atoms with E-state index in [2.05, 4.69) is 6.58 Å². The van der Waals surface area contributed by atoms with E-state index >= 15 is 0 Å². The molecule has 0 aromatic carbocycles. The van der Waals surface area contributed by atoms with Crippen LogP contribution >= 0.6 is 0 Å². The molecule has 76 valence electrons. The van der Waals surface area contributed by atoms with Gasteiger partial charge in [-0.25, -0.2) is 0 Å². The second-order valence-corrected chi connectivity index (χ2v) is 4.00. The zero-order valence-corrected chi connectivity index (χ0v) is 9.00. The van der Waals surface area contributed by atoms with Crippen LogP contribution in [-0.4, -0.2) is 23.4 Å². The topological polar surface area (TPSA) is 29.5 Å². The Kier molecular flexibility index (Phi) is 4.37. The van der Waals surface area contributed by atoms with E-state index in [4.69, 9.17) is 4.74 Å². The summed E-state index contributed by atoms with van der Waals surface area (Å²) in [5, 5.41) is 9.55. The molecule has 0 aromatic heterocycles. The fourth-order valence-corrected chi connectivity index (χ4v) is 0.733. The Balaban J connectivity index is 4.09. The molecule has 0 aliphatic rings. The number of aliphatic hydroxyl groups is 1. The quantitative estimate of drug-likeness (QED) is 0.664. The molecule has 0 saturated carbocycles. The van der Waals surface area contributed by atoms with Crippen LogP contribution in [0.1, 0.15) is 27.2 Å². The number of hydrogen-bond donors (Lipinski definition) is 1. The third kappa shape index (κ3) is 5.61. The molecule has 0 saturated heterocycles. The van der Waals surface area contributed by atoms with Crippen LogP contribution in [0, 0.1) is 0 Å². The summed E-state index contributed by atoms with van der Waals surface area (Å²) in [4.78, 5) is 0. The Morgan fingerprint density at radius 2 is 1.92 bits per heavy atom. The summed E-state index contributed by atoms with van der Waals surface area (Å²) in [5.74, 6) is 0. The summed E-state index contributed by atoms with van der Waals surface area (Å²) in [5.41, 5.74) is -1.09. The van der Waals surface area contributed by atoms with Crippen molar-refractivity contribution in [3.63, 3.8) is 0 Å². The lowest BCUT2D eigenvalue weighted by Gasteiger charge is -2.21. The summed E-state index contributed by atoms with van der Waals surface area (Å²) in [7, 11) is 1.68. The average molecular weight is 184 g/mol. The van der Waals surface area contributed by atoms with Crippen molar-refractivity contribution in [1.29, 1.82) is 0 Å². The fourth-order valence-electron chi connectivity index (χ4n) is 0.733. The van der Waals surface area contributed by atoms with Crippen LogP contribution in [0.3, 0.4) is 0 Å². The first-order chi connectivity index (χ1) is 5.83. The molecule has 0 bridgehead atoms. The van der Waals surface area contributed by atoms with Crippen LogP contribution < -0.4 is 0 Å². The zero-order valence-electron chi connectivity index (χ0n) is 9.00. The van der Waals surface area contributed by atoms with Crippen molar-refractivity contribution in [3.05, 3.63) is 24.8 Å². The van der Waals surface area contributed by atoms with Gasteiger partial charge >= 0.3 is 0 Å². The normalized spacial score (nSPS) is 17.3. The average Bonchev–Trinajstić information content (AvgIpc) is 2.04. The standard InChI is InChI=1S/C11H20O2/c1-6-11(4,12)9-7-8-10(2,3)13-5/h6-7,9,12H,1,8H2,2-5H3. The minimum absolute atomic E-state index is 0.173. The maximum atomic E-state index is 9.55. The molecule has 0 aliphatic heterocycles. The van der Waals surface area contributed by atoms with Gasteiger partial charge in [0.15, 0.2) is 0 Å². The lowest BCUT2D eigenvalue weighted by Crippen LogP contribution is -2.22. The summed E-state index contributed by atoms with van der Waals surface area (Å²) in [6, 6.07) is 0. The van der Waals surface area contributed by atoms with Crippen LogP contribution in [0.15, 0.2) is 24.8 Å². The lowest BCUT2D eigenvalue weighted by molar-refractivity contribution is 0.0252. The minimum atomic E-state index is -0.913. The minimum Gasteiger partial charge on any atom is -0.382 e. The molecular formula is C11H20O2. The van der Waals surface area contributed by atoms with Crippen LogP contribution in [0.4, 0.5) is 0 Å². The van der Waals surface area contributed by atoms with Gasteiger partial charge in [-0.1, -0.05) is 24.8 Å². The summed E-state index contributed by atoms with van der Waals surface area (Å²) in [6.45, 7) is 9.23. The van der Waals surface area contributed by atoms with Gasteiger partial charge in [-0.05, 0) is 27.2 Å². The highest BCUT2D eigenvalue weighted by Crippen LogP contribution is 2.15. The van der Waals surface area contributed by atoms with Gasteiger partial charge in [-0.3, -0.25) is 0 Å². The third-order valence-electron chi connectivity index (χ3n) is 2.03. The van der Waals surface area contributed by atoms with Crippen molar-refractivity contribution < 1.29 is 9.84 Å². The predicted molar refractivity (Wildman–Crippen MR) is 55.7 cm³/mol. The maximum Gasteiger partial charge on any atom is 0.0977 e. The maximum absolute atomic E-state index is 9.55. The molecule has 0 spiro atoms. The molecule has 0 fully saturated rings. The van der Waals surface area contributed by atoms with E-state index in [0.29, 0.717) is 0 Å². The molecule has 0 heterocycles. The highest BCUT2D eigenvalue weighted by atomic mass is 16.5. The van der Waals surface area contributed by atoms with Crippen LogP contribution in [0.5, 0.6) is 0 Å². The predicted octanol–water partition coefficient (Wildman–Crippen LogP) is 2.29. The monoisotopic (exact) mass is 184 g/mol. The molecule has 0 radical (unpaired) electrons. The molecule has 2 nitrogen and oxygen atoms in total. The summed E-state index contributed by atoms with van der Waals surface area (Å²) in [6.07, 6.45) is 5.91. The lowest BCUT2D eigenvalue weighted by atomic mass is 10.0. The number of hydrogen-bond acceptors (Lipinski definition) is 2. The van der Waals surface area contributed by atoms with Crippen LogP contribution in [0.2, 0.25) is 0 Å². The first kappa shape index (κ1) is 12.4. The van der Waals surface area contributed by atoms with Gasteiger partial charge in [0, 0.05) is 7.11 Å². The van der Waals surface area contributed by atoms with Crippen molar-refractivity contribution in [2.75, 3.05) is 7.11 Å². The number of methoxy groups -OCH3 is 1. The smallest absolute Gasteiger partial charge is 0.0977 e. The first-order valence-corrected chi connectivity index (χ1v) is 4.42. The largest absolute Gasteiger partial charge is 0.382 e. The molecule has 2 heteroatoms. The van der Waals surface area contributed by atoms with E-state index in [-0.39, 0.29) is 5.60 Å². The molecule has 1 unspecified atom stereocenters. The van der Waals surface area contributed by atoms with E-state index in [9.17, 15) is 5.11 Å². The van der Waals surface area contributed by atoms with E-state index < -0.39 is 5.60 Å². The molecule has 13 heavy (non-hydrogen) atoms. The Hall–Kier alpha value is -0.600.